The molecule has 31 heavy (non-hydrogen) atoms. The molecule has 0 amide bonds. The SMILES string of the molecule is CN1N=C(F)C2(CCCCC2)n2c1cc1cnc(Nc3ccc(S(=O)[O-])cc3F)nc12. The Morgan fingerprint density at radius 1 is 1.19 bits per heavy atom. The molecule has 1 aromatic carbocycles. The van der Waals surface area contributed by atoms with Gasteiger partial charge in [0.2, 0.25) is 11.9 Å². The first-order valence-corrected chi connectivity index (χ1v) is 11.0. The summed E-state index contributed by atoms with van der Waals surface area (Å²) in [5.41, 5.74) is -0.307. The molecule has 1 spiro atoms. The maximum absolute atomic E-state index is 15.2. The van der Waals surface area contributed by atoms with Gasteiger partial charge in [-0.2, -0.15) is 9.37 Å². The average Bonchev–Trinajstić information content (AvgIpc) is 3.14. The van der Waals surface area contributed by atoms with Crippen molar-refractivity contribution in [1.82, 2.24) is 14.5 Å². The monoisotopic (exact) mass is 445 g/mol. The fourth-order valence-electron chi connectivity index (χ4n) is 4.45. The van der Waals surface area contributed by atoms with E-state index in [1.807, 2.05) is 10.6 Å². The Hall–Kier alpha value is -2.92. The highest BCUT2D eigenvalue weighted by molar-refractivity contribution is 7.79. The van der Waals surface area contributed by atoms with E-state index in [1.165, 1.54) is 17.1 Å². The summed E-state index contributed by atoms with van der Waals surface area (Å²) >= 11 is -2.53. The first kappa shape index (κ1) is 20.0. The molecule has 162 valence electrons. The molecule has 1 fully saturated rings. The van der Waals surface area contributed by atoms with E-state index in [1.54, 1.807) is 13.2 Å². The van der Waals surface area contributed by atoms with Gasteiger partial charge in [-0.3, -0.25) is 8.78 Å². The molecule has 1 unspecified atom stereocenters. The van der Waals surface area contributed by atoms with Crippen LogP contribution in [0, 0.1) is 5.82 Å². The molecule has 11 heteroatoms. The van der Waals surface area contributed by atoms with Crippen molar-refractivity contribution in [2.24, 2.45) is 5.10 Å². The van der Waals surface area contributed by atoms with Gasteiger partial charge in [-0.1, -0.05) is 19.3 Å². The molecular formula is C20H19F2N6O2S-. The molecule has 1 aliphatic carbocycles. The fraction of sp³-hybridized carbons (Fsp3) is 0.350. The Morgan fingerprint density at radius 3 is 2.68 bits per heavy atom. The van der Waals surface area contributed by atoms with Gasteiger partial charge in [-0.05, 0) is 48.2 Å². The highest BCUT2D eigenvalue weighted by Crippen LogP contribution is 2.45. The Balaban J connectivity index is 1.59. The fourth-order valence-corrected chi connectivity index (χ4v) is 4.83. The summed E-state index contributed by atoms with van der Waals surface area (Å²) < 4.78 is 53.5. The van der Waals surface area contributed by atoms with Gasteiger partial charge in [-0.15, -0.1) is 5.10 Å². The molecule has 5 rings (SSSR count). The van der Waals surface area contributed by atoms with Crippen molar-refractivity contribution in [3.8, 4) is 0 Å². The summed E-state index contributed by atoms with van der Waals surface area (Å²) in [5, 5.41) is 9.12. The molecule has 1 atom stereocenters. The standard InChI is InChI=1S/C20H20F2N6O2S/c1-27-16-9-12-11-23-19(24-15-6-5-13(31(29)30)10-14(15)21)25-17(12)28(16)20(18(22)26-27)7-3-2-4-8-20/h5-6,9-11H,2-4,7-8H2,1H3,(H,29,30)(H,23,24,25)/p-1. The highest BCUT2D eigenvalue weighted by atomic mass is 32.2. The summed E-state index contributed by atoms with van der Waals surface area (Å²) in [6, 6.07) is 5.37. The minimum atomic E-state index is -2.53. The second-order valence-electron chi connectivity index (χ2n) is 7.82. The van der Waals surface area contributed by atoms with Gasteiger partial charge in [0.1, 0.15) is 22.8 Å². The van der Waals surface area contributed by atoms with E-state index in [9.17, 15) is 13.2 Å². The van der Waals surface area contributed by atoms with Crippen molar-refractivity contribution < 1.29 is 17.5 Å². The summed E-state index contributed by atoms with van der Waals surface area (Å²) in [7, 11) is 1.68. The summed E-state index contributed by atoms with van der Waals surface area (Å²) in [6.07, 6.45) is 5.67. The lowest BCUT2D eigenvalue weighted by Crippen LogP contribution is -2.46. The van der Waals surface area contributed by atoms with Gasteiger partial charge >= 0.3 is 0 Å². The number of nitrogens with one attached hydrogen (secondary N) is 1. The predicted molar refractivity (Wildman–Crippen MR) is 112 cm³/mol. The predicted octanol–water partition coefficient (Wildman–Crippen LogP) is 3.94. The minimum Gasteiger partial charge on any atom is -0.768 e. The lowest BCUT2D eigenvalue weighted by Gasteiger charge is -2.41. The van der Waals surface area contributed by atoms with Crippen molar-refractivity contribution in [3.05, 3.63) is 36.3 Å². The quantitative estimate of drug-likeness (QED) is 0.613. The molecule has 0 radical (unpaired) electrons. The summed E-state index contributed by atoms with van der Waals surface area (Å²) in [6.45, 7) is 0. The third-order valence-corrected chi connectivity index (χ3v) is 6.60. The highest BCUT2D eigenvalue weighted by Gasteiger charge is 2.45. The zero-order valence-corrected chi connectivity index (χ0v) is 17.5. The molecule has 2 aromatic heterocycles. The number of rotatable bonds is 3. The van der Waals surface area contributed by atoms with E-state index >= 15 is 4.39 Å². The van der Waals surface area contributed by atoms with Crippen molar-refractivity contribution >= 4 is 45.5 Å². The Morgan fingerprint density at radius 2 is 1.97 bits per heavy atom. The maximum Gasteiger partial charge on any atom is 0.233 e. The topological polar surface area (TPSA) is 98.5 Å². The van der Waals surface area contributed by atoms with Crippen molar-refractivity contribution in [2.75, 3.05) is 17.4 Å². The third-order valence-electron chi connectivity index (χ3n) is 5.96. The van der Waals surface area contributed by atoms with Crippen molar-refractivity contribution in [1.29, 1.82) is 0 Å². The number of hydrazone groups is 1. The van der Waals surface area contributed by atoms with Crippen LogP contribution in [0.1, 0.15) is 32.1 Å². The number of aromatic nitrogens is 3. The van der Waals surface area contributed by atoms with Crippen LogP contribution in [0.15, 0.2) is 40.5 Å². The molecule has 0 bridgehead atoms. The second kappa shape index (κ2) is 7.34. The lowest BCUT2D eigenvalue weighted by atomic mass is 9.81. The van der Waals surface area contributed by atoms with Crippen LogP contribution in [0.5, 0.6) is 0 Å². The first-order chi connectivity index (χ1) is 14.9. The smallest absolute Gasteiger partial charge is 0.233 e. The molecule has 1 aliphatic heterocycles. The van der Waals surface area contributed by atoms with Crippen molar-refractivity contribution in [3.63, 3.8) is 0 Å². The van der Waals surface area contributed by atoms with E-state index in [0.29, 0.717) is 18.5 Å². The summed E-state index contributed by atoms with van der Waals surface area (Å²) in [4.78, 5) is 8.66. The van der Waals surface area contributed by atoms with E-state index in [4.69, 9.17) is 0 Å². The van der Waals surface area contributed by atoms with Crippen LogP contribution in [0.4, 0.5) is 26.2 Å². The first-order valence-electron chi connectivity index (χ1n) is 9.92. The molecule has 0 saturated heterocycles. The van der Waals surface area contributed by atoms with Crippen LogP contribution in [0.2, 0.25) is 0 Å². The summed E-state index contributed by atoms with van der Waals surface area (Å²) in [5.74, 6) is -0.331. The molecule has 2 aliphatic rings. The van der Waals surface area contributed by atoms with Crippen LogP contribution in [0.3, 0.4) is 0 Å². The molecule has 1 N–H and O–H groups in total. The van der Waals surface area contributed by atoms with Crippen LogP contribution in [0.25, 0.3) is 11.0 Å². The number of halogens is 2. The number of anilines is 3. The van der Waals surface area contributed by atoms with Gasteiger partial charge in [0.05, 0.1) is 5.69 Å². The Kier molecular flexibility index (Phi) is 4.74. The largest absolute Gasteiger partial charge is 0.768 e. The molecule has 8 nitrogen and oxygen atoms in total. The van der Waals surface area contributed by atoms with Crippen LogP contribution in [-0.2, 0) is 16.6 Å². The van der Waals surface area contributed by atoms with Gasteiger partial charge in [0.25, 0.3) is 0 Å². The van der Waals surface area contributed by atoms with E-state index in [2.05, 4.69) is 20.4 Å². The molecular weight excluding hydrogens is 426 g/mol. The van der Waals surface area contributed by atoms with E-state index in [0.717, 1.165) is 36.5 Å². The molecule has 1 saturated carbocycles. The lowest BCUT2D eigenvalue weighted by molar-refractivity contribution is 0.263. The van der Waals surface area contributed by atoms with Crippen LogP contribution >= 0.6 is 0 Å². The maximum atomic E-state index is 15.2. The zero-order chi connectivity index (χ0) is 21.8. The Labute approximate surface area is 179 Å². The van der Waals surface area contributed by atoms with Gasteiger partial charge in [0, 0.05) is 23.5 Å². The normalized spacial score (nSPS) is 18.7. The number of hydrogen-bond acceptors (Lipinski definition) is 7. The number of hydrogen-bond donors (Lipinski definition) is 1. The second-order valence-corrected chi connectivity index (χ2v) is 8.76. The van der Waals surface area contributed by atoms with Gasteiger partial charge in [-0.25, -0.2) is 14.4 Å². The van der Waals surface area contributed by atoms with Crippen molar-refractivity contribution in [2.45, 2.75) is 42.5 Å². The number of fused-ring (bicyclic) bond motifs is 4. The van der Waals surface area contributed by atoms with Gasteiger partial charge in [0.15, 0.2) is 0 Å². The Bertz CT molecular complexity index is 1240. The minimum absolute atomic E-state index is 0.0382. The zero-order valence-electron chi connectivity index (χ0n) is 16.6. The number of benzene rings is 1. The average molecular weight is 445 g/mol. The third kappa shape index (κ3) is 3.19. The van der Waals surface area contributed by atoms with Crippen LogP contribution in [-0.4, -0.2) is 36.3 Å². The van der Waals surface area contributed by atoms with Crippen LogP contribution < -0.4 is 10.3 Å². The number of nitrogens with zero attached hydrogens (tertiary/aromatic N) is 5. The van der Waals surface area contributed by atoms with E-state index in [-0.39, 0.29) is 16.5 Å². The molecule has 3 heterocycles. The van der Waals surface area contributed by atoms with Gasteiger partial charge < -0.3 is 9.87 Å². The molecule has 3 aromatic rings. The van der Waals surface area contributed by atoms with E-state index < -0.39 is 28.4 Å².